The monoisotopic (exact) mass is 487 g/mol. The summed E-state index contributed by atoms with van der Waals surface area (Å²) in [5, 5.41) is 10.5. The molecule has 0 saturated carbocycles. The summed E-state index contributed by atoms with van der Waals surface area (Å²) in [6, 6.07) is 4.08. The first-order valence-electron chi connectivity index (χ1n) is 9.75. The van der Waals surface area contributed by atoms with Gasteiger partial charge in [-0.05, 0) is 37.6 Å². The average Bonchev–Trinajstić information content (AvgIpc) is 3.12. The number of fused-ring (bicyclic) bond motifs is 1. The molecule has 9 nitrogen and oxygen atoms in total. The fourth-order valence-corrected chi connectivity index (χ4v) is 4.50. The maximum atomic E-state index is 12.8. The van der Waals surface area contributed by atoms with E-state index in [1.165, 1.54) is 24.8 Å². The molecule has 4 rings (SSSR count). The largest absolute Gasteiger partial charge is 0.404 e. The summed E-state index contributed by atoms with van der Waals surface area (Å²) in [5.74, 6) is 0. The van der Waals surface area contributed by atoms with Crippen molar-refractivity contribution in [2.45, 2.75) is 31.0 Å². The molecule has 4 aromatic rings. The Balaban J connectivity index is 1.87. The first-order valence-corrected chi connectivity index (χ1v) is 11.2. The van der Waals surface area contributed by atoms with Crippen LogP contribution in [0.1, 0.15) is 18.1 Å². The van der Waals surface area contributed by atoms with Crippen molar-refractivity contribution in [1.82, 2.24) is 29.2 Å². The number of alkyl halides is 3. The summed E-state index contributed by atoms with van der Waals surface area (Å²) in [4.78, 5) is 16.2. The molecule has 0 radical (unpaired) electrons. The first kappa shape index (κ1) is 23.3. The number of pyridine rings is 2. The van der Waals surface area contributed by atoms with Crippen LogP contribution in [0.15, 0.2) is 54.2 Å². The van der Waals surface area contributed by atoms with Gasteiger partial charge in [0.25, 0.3) is 0 Å². The Hall–Kier alpha value is -3.89. The minimum atomic E-state index is -4.74. The number of aromatic nitrogens is 5. The lowest BCUT2D eigenvalue weighted by atomic mass is 10.1. The minimum Gasteiger partial charge on any atom is -0.288 e. The topological polar surface area (TPSA) is 126 Å². The summed E-state index contributed by atoms with van der Waals surface area (Å²) in [5.41, 5.74) is 2.49. The Kier molecular flexibility index (Phi) is 5.80. The summed E-state index contributed by atoms with van der Waals surface area (Å²) < 4.78 is 66.4. The molecule has 0 spiro atoms. The summed E-state index contributed by atoms with van der Waals surface area (Å²) in [6.07, 6.45) is 2.19. The number of hydrogen-bond donors (Lipinski definition) is 1. The van der Waals surface area contributed by atoms with Crippen molar-refractivity contribution >= 4 is 21.1 Å². The van der Waals surface area contributed by atoms with Crippen LogP contribution in [-0.4, -0.2) is 45.1 Å². The van der Waals surface area contributed by atoms with E-state index in [4.69, 9.17) is 0 Å². The molecule has 1 atom stereocenters. The summed E-state index contributed by atoms with van der Waals surface area (Å²) in [7, 11) is -4.49. The number of nitriles is 1. The molecule has 0 bridgehead atoms. The van der Waals surface area contributed by atoms with E-state index < -0.39 is 27.1 Å². The van der Waals surface area contributed by atoms with Crippen molar-refractivity contribution in [3.63, 3.8) is 0 Å². The van der Waals surface area contributed by atoms with Gasteiger partial charge >= 0.3 is 6.18 Å². The smallest absolute Gasteiger partial charge is 0.288 e. The molecule has 4 aromatic heterocycles. The van der Waals surface area contributed by atoms with Gasteiger partial charge in [-0.3, -0.25) is 9.55 Å². The maximum Gasteiger partial charge on any atom is 0.404 e. The number of nitrogens with zero attached hydrogens (tertiary/aromatic N) is 6. The highest BCUT2D eigenvalue weighted by Gasteiger charge is 2.39. The lowest BCUT2D eigenvalue weighted by Gasteiger charge is -2.17. The molecule has 34 heavy (non-hydrogen) atoms. The number of halogens is 3. The normalized spacial score (nSPS) is 13.1. The fourth-order valence-electron chi connectivity index (χ4n) is 3.33. The molecule has 0 aliphatic carbocycles. The average molecular weight is 487 g/mol. The van der Waals surface area contributed by atoms with Gasteiger partial charge in [-0.15, -0.1) is 0 Å². The highest BCUT2D eigenvalue weighted by molar-refractivity contribution is 7.89. The minimum absolute atomic E-state index is 0.207. The SMILES string of the molecule is Cc1cnc2c(c1)c(C#N)c(-c1ccc(S(=O)(=O)N[C@@H](C)C(F)(F)F)cn1)n2-c1cncnc1. The Morgan fingerprint density at radius 2 is 1.82 bits per heavy atom. The second kappa shape index (κ2) is 8.47. The van der Waals surface area contributed by atoms with E-state index in [-0.39, 0.29) is 11.3 Å². The van der Waals surface area contributed by atoms with E-state index in [1.54, 1.807) is 21.6 Å². The standard InChI is InChI=1S/C21H16F3N7O2S/c1-12-5-16-17(6-25)19(31(20(16)29-7-12)14-8-26-11-27-9-14)18-4-3-15(10-28-18)34(32,33)30-13(2)21(22,23)24/h3-5,7-11,13,30H,1-2H3/t13-/m0/s1. The van der Waals surface area contributed by atoms with Crippen LogP contribution in [0.25, 0.3) is 28.1 Å². The van der Waals surface area contributed by atoms with Gasteiger partial charge in [0.05, 0.1) is 35.0 Å². The van der Waals surface area contributed by atoms with Crippen molar-refractivity contribution in [3.8, 4) is 23.1 Å². The molecule has 0 aromatic carbocycles. The summed E-state index contributed by atoms with van der Waals surface area (Å²) in [6.45, 7) is 2.52. The van der Waals surface area contributed by atoms with Crippen molar-refractivity contribution < 1.29 is 21.6 Å². The third-order valence-electron chi connectivity index (χ3n) is 4.97. The first-order chi connectivity index (χ1) is 16.0. The highest BCUT2D eigenvalue weighted by Crippen LogP contribution is 2.34. The molecule has 1 N–H and O–H groups in total. The van der Waals surface area contributed by atoms with Gasteiger partial charge in [-0.2, -0.15) is 23.2 Å². The molecule has 0 aliphatic heterocycles. The molecule has 0 saturated heterocycles. The van der Waals surface area contributed by atoms with Gasteiger partial charge in [-0.1, -0.05) is 0 Å². The van der Waals surface area contributed by atoms with E-state index in [0.29, 0.717) is 29.3 Å². The quantitative estimate of drug-likeness (QED) is 0.458. The van der Waals surface area contributed by atoms with Crippen LogP contribution in [0.3, 0.4) is 0 Å². The van der Waals surface area contributed by atoms with E-state index >= 15 is 0 Å². The van der Waals surface area contributed by atoms with Crippen LogP contribution in [0.2, 0.25) is 0 Å². The molecule has 4 heterocycles. The molecular formula is C21H16F3N7O2S. The van der Waals surface area contributed by atoms with Gasteiger partial charge in [0.1, 0.15) is 29.0 Å². The Labute approximate surface area is 192 Å². The van der Waals surface area contributed by atoms with Crippen molar-refractivity contribution in [1.29, 1.82) is 5.26 Å². The van der Waals surface area contributed by atoms with Crippen molar-refractivity contribution in [2.24, 2.45) is 0 Å². The van der Waals surface area contributed by atoms with E-state index in [2.05, 4.69) is 26.0 Å². The number of nitrogens with one attached hydrogen (secondary N) is 1. The molecule has 0 unspecified atom stereocenters. The Morgan fingerprint density at radius 1 is 1.12 bits per heavy atom. The predicted molar refractivity (Wildman–Crippen MR) is 115 cm³/mol. The fraction of sp³-hybridized carbons (Fsp3) is 0.190. The number of rotatable bonds is 5. The van der Waals surface area contributed by atoms with Crippen LogP contribution in [0, 0.1) is 18.3 Å². The third kappa shape index (κ3) is 4.20. The van der Waals surface area contributed by atoms with E-state index in [1.807, 2.05) is 6.92 Å². The lowest BCUT2D eigenvalue weighted by molar-refractivity contribution is -0.147. The number of aryl methyl sites for hydroxylation is 1. The van der Waals surface area contributed by atoms with Crippen LogP contribution in [-0.2, 0) is 10.0 Å². The Bertz CT molecular complexity index is 1510. The zero-order chi connectivity index (χ0) is 24.7. The van der Waals surface area contributed by atoms with Gasteiger partial charge in [0.15, 0.2) is 0 Å². The molecule has 0 fully saturated rings. The zero-order valence-electron chi connectivity index (χ0n) is 17.7. The molecular weight excluding hydrogens is 471 g/mol. The lowest BCUT2D eigenvalue weighted by Crippen LogP contribution is -2.42. The van der Waals surface area contributed by atoms with E-state index in [9.17, 15) is 26.9 Å². The van der Waals surface area contributed by atoms with Crippen molar-refractivity contribution in [2.75, 3.05) is 0 Å². The second-order valence-electron chi connectivity index (χ2n) is 7.42. The third-order valence-corrected chi connectivity index (χ3v) is 6.50. The second-order valence-corrected chi connectivity index (χ2v) is 9.13. The molecule has 0 amide bonds. The van der Waals surface area contributed by atoms with Crippen LogP contribution in [0.4, 0.5) is 13.2 Å². The summed E-state index contributed by atoms with van der Waals surface area (Å²) >= 11 is 0. The van der Waals surface area contributed by atoms with Crippen LogP contribution in [0.5, 0.6) is 0 Å². The van der Waals surface area contributed by atoms with Gasteiger partial charge in [0, 0.05) is 17.8 Å². The zero-order valence-corrected chi connectivity index (χ0v) is 18.6. The number of hydrogen-bond acceptors (Lipinski definition) is 7. The highest BCUT2D eigenvalue weighted by atomic mass is 32.2. The molecule has 13 heteroatoms. The van der Waals surface area contributed by atoms with Gasteiger partial charge < -0.3 is 0 Å². The van der Waals surface area contributed by atoms with Gasteiger partial charge in [-0.25, -0.2) is 23.4 Å². The number of sulfonamides is 1. The molecule has 0 aliphatic rings. The molecule has 174 valence electrons. The van der Waals surface area contributed by atoms with Gasteiger partial charge in [0.2, 0.25) is 10.0 Å². The van der Waals surface area contributed by atoms with E-state index in [0.717, 1.165) is 17.8 Å². The Morgan fingerprint density at radius 3 is 2.41 bits per heavy atom. The van der Waals surface area contributed by atoms with Crippen molar-refractivity contribution in [3.05, 3.63) is 60.4 Å². The predicted octanol–water partition coefficient (Wildman–Crippen LogP) is 3.29. The maximum absolute atomic E-state index is 12.8. The van der Waals surface area contributed by atoms with Crippen LogP contribution < -0.4 is 4.72 Å². The van der Waals surface area contributed by atoms with Crippen LogP contribution >= 0.6 is 0 Å².